The number of rotatable bonds is 7. The number of nitrogens with one attached hydrogen (secondary N) is 1. The van der Waals surface area contributed by atoms with Crippen LogP contribution in [0.25, 0.3) is 0 Å². The summed E-state index contributed by atoms with van der Waals surface area (Å²) in [6.07, 6.45) is 6.11. The number of benzene rings is 1. The van der Waals surface area contributed by atoms with E-state index in [4.69, 9.17) is 9.15 Å². The second kappa shape index (κ2) is 8.42. The Labute approximate surface area is 160 Å². The minimum Gasteiger partial charge on any atom is -0.469 e. The lowest BCUT2D eigenvalue weighted by Gasteiger charge is -2.31. The molecule has 1 atom stereocenters. The number of furan rings is 1. The number of methoxy groups -OCH3 is 1. The van der Waals surface area contributed by atoms with Crippen LogP contribution in [0.4, 0.5) is 0 Å². The minimum absolute atomic E-state index is 0.0625. The Bertz CT molecular complexity index is 775. The number of carbonyl (C=O) groups excluding carboxylic acids is 2. The van der Waals surface area contributed by atoms with E-state index in [0.717, 1.165) is 25.7 Å². The van der Waals surface area contributed by atoms with Crippen molar-refractivity contribution in [3.63, 3.8) is 0 Å². The molecule has 1 fully saturated rings. The summed E-state index contributed by atoms with van der Waals surface area (Å²) < 4.78 is 10.1. The molecular formula is C22H27NO4. The molecule has 27 heavy (non-hydrogen) atoms. The molecule has 0 radical (unpaired) electrons. The molecule has 3 rings (SSSR count). The van der Waals surface area contributed by atoms with Gasteiger partial charge in [-0.05, 0) is 37.5 Å². The monoisotopic (exact) mass is 369 g/mol. The highest BCUT2D eigenvalue weighted by Crippen LogP contribution is 2.40. The van der Waals surface area contributed by atoms with E-state index in [1.165, 1.54) is 24.5 Å². The molecule has 0 saturated heterocycles. The number of carbonyl (C=O) groups is 2. The highest BCUT2D eigenvalue weighted by atomic mass is 16.5. The van der Waals surface area contributed by atoms with Crippen LogP contribution < -0.4 is 5.32 Å². The molecule has 1 aliphatic rings. The molecular weight excluding hydrogens is 342 g/mol. The summed E-state index contributed by atoms with van der Waals surface area (Å²) in [5.41, 5.74) is 2.42. The molecule has 1 aromatic carbocycles. The number of hydrogen-bond acceptors (Lipinski definition) is 4. The normalized spacial score (nSPS) is 16.7. The molecule has 1 unspecified atom stereocenters. The number of ether oxygens (including phenoxy) is 1. The average molecular weight is 369 g/mol. The lowest BCUT2D eigenvalue weighted by atomic mass is 9.78. The molecule has 5 nitrogen and oxygen atoms in total. The molecule has 1 N–H and O–H groups in total. The third-order valence-corrected chi connectivity index (χ3v) is 5.58. The van der Waals surface area contributed by atoms with Crippen molar-refractivity contribution in [1.29, 1.82) is 0 Å². The van der Waals surface area contributed by atoms with Crippen LogP contribution in [-0.4, -0.2) is 25.5 Å². The Balaban J connectivity index is 1.73. The van der Waals surface area contributed by atoms with E-state index in [0.29, 0.717) is 12.3 Å². The molecule has 0 aliphatic heterocycles. The number of hydrogen-bond donors (Lipinski definition) is 1. The maximum absolute atomic E-state index is 12.8. The maximum atomic E-state index is 12.8. The van der Waals surface area contributed by atoms with Gasteiger partial charge < -0.3 is 14.5 Å². The predicted octanol–water partition coefficient (Wildman–Crippen LogP) is 3.55. The number of aryl methyl sites for hydroxylation is 1. The lowest BCUT2D eigenvalue weighted by molar-refractivity contribution is -0.150. The summed E-state index contributed by atoms with van der Waals surface area (Å²) in [4.78, 5) is 25.0. The van der Waals surface area contributed by atoms with Gasteiger partial charge in [0, 0.05) is 18.4 Å². The Hall–Kier alpha value is -2.56. The summed E-state index contributed by atoms with van der Waals surface area (Å²) in [5, 5.41) is 3.03. The van der Waals surface area contributed by atoms with E-state index in [1.807, 2.05) is 0 Å². The number of esters is 1. The van der Waals surface area contributed by atoms with Gasteiger partial charge in [-0.1, -0.05) is 42.7 Å². The molecule has 1 heterocycles. The van der Waals surface area contributed by atoms with Gasteiger partial charge in [-0.15, -0.1) is 0 Å². The van der Waals surface area contributed by atoms with E-state index in [2.05, 4.69) is 36.5 Å². The third-order valence-electron chi connectivity index (χ3n) is 5.58. The summed E-state index contributed by atoms with van der Waals surface area (Å²) in [6, 6.07) is 12.0. The van der Waals surface area contributed by atoms with Crippen LogP contribution in [0.5, 0.6) is 0 Å². The fourth-order valence-electron chi connectivity index (χ4n) is 4.03. The van der Waals surface area contributed by atoms with Gasteiger partial charge in [0.1, 0.15) is 11.7 Å². The van der Waals surface area contributed by atoms with Gasteiger partial charge in [0.15, 0.2) is 0 Å². The van der Waals surface area contributed by atoms with Gasteiger partial charge in [-0.3, -0.25) is 9.59 Å². The largest absolute Gasteiger partial charge is 0.469 e. The van der Waals surface area contributed by atoms with Crippen molar-refractivity contribution in [1.82, 2.24) is 5.32 Å². The SMILES string of the molecule is COC(=O)C(Cc1ccco1)C(=O)NCC1(c2cccc(C)c2)CCCC1. The second-order valence-corrected chi connectivity index (χ2v) is 7.43. The van der Waals surface area contributed by atoms with Crippen LogP contribution in [0.2, 0.25) is 0 Å². The van der Waals surface area contributed by atoms with Crippen LogP contribution >= 0.6 is 0 Å². The molecule has 0 bridgehead atoms. The fourth-order valence-corrected chi connectivity index (χ4v) is 4.03. The first-order valence-electron chi connectivity index (χ1n) is 9.49. The van der Waals surface area contributed by atoms with Crippen molar-refractivity contribution < 1.29 is 18.7 Å². The van der Waals surface area contributed by atoms with Crippen molar-refractivity contribution in [3.05, 3.63) is 59.5 Å². The second-order valence-electron chi connectivity index (χ2n) is 7.43. The molecule has 144 valence electrons. The van der Waals surface area contributed by atoms with Gasteiger partial charge >= 0.3 is 5.97 Å². The van der Waals surface area contributed by atoms with Gasteiger partial charge in [-0.25, -0.2) is 0 Å². The first kappa shape index (κ1) is 19.2. The fraction of sp³-hybridized carbons (Fsp3) is 0.455. The Morgan fingerprint density at radius 1 is 1.22 bits per heavy atom. The zero-order chi connectivity index (χ0) is 19.3. The molecule has 1 aliphatic carbocycles. The number of amides is 1. The first-order chi connectivity index (χ1) is 13.0. The van der Waals surface area contributed by atoms with Crippen molar-refractivity contribution in [2.75, 3.05) is 13.7 Å². The van der Waals surface area contributed by atoms with Gasteiger partial charge in [0.25, 0.3) is 0 Å². The van der Waals surface area contributed by atoms with E-state index in [1.54, 1.807) is 12.1 Å². The standard InChI is InChI=1S/C22H27NO4/c1-16-7-5-8-17(13-16)22(10-3-4-11-22)15-23-20(24)19(21(25)26-2)14-18-9-6-12-27-18/h5-9,12-13,19H,3-4,10-11,14-15H2,1-2H3,(H,23,24). The third kappa shape index (κ3) is 4.41. The van der Waals surface area contributed by atoms with Crippen LogP contribution in [0.15, 0.2) is 47.1 Å². The van der Waals surface area contributed by atoms with Crippen molar-refractivity contribution in [2.24, 2.45) is 5.92 Å². The van der Waals surface area contributed by atoms with Crippen LogP contribution in [-0.2, 0) is 26.2 Å². The smallest absolute Gasteiger partial charge is 0.318 e. The summed E-state index contributed by atoms with van der Waals surface area (Å²) in [6.45, 7) is 2.61. The molecule has 1 amide bonds. The van der Waals surface area contributed by atoms with Crippen LogP contribution in [0, 0.1) is 12.8 Å². The van der Waals surface area contributed by atoms with Crippen molar-refractivity contribution in [2.45, 2.75) is 44.4 Å². The summed E-state index contributed by atoms with van der Waals surface area (Å²) >= 11 is 0. The summed E-state index contributed by atoms with van der Waals surface area (Å²) in [7, 11) is 1.30. The Kier molecular flexibility index (Phi) is 5.99. The highest BCUT2D eigenvalue weighted by Gasteiger charge is 2.37. The summed E-state index contributed by atoms with van der Waals surface area (Å²) in [5.74, 6) is -1.16. The van der Waals surface area contributed by atoms with E-state index in [-0.39, 0.29) is 17.7 Å². The lowest BCUT2D eigenvalue weighted by Crippen LogP contribution is -2.44. The van der Waals surface area contributed by atoms with Crippen LogP contribution in [0.3, 0.4) is 0 Å². The van der Waals surface area contributed by atoms with Crippen molar-refractivity contribution in [3.8, 4) is 0 Å². The minimum atomic E-state index is -0.905. The van der Waals surface area contributed by atoms with Crippen LogP contribution in [0.1, 0.15) is 42.6 Å². The first-order valence-corrected chi connectivity index (χ1v) is 9.49. The zero-order valence-corrected chi connectivity index (χ0v) is 16.0. The topological polar surface area (TPSA) is 68.5 Å². The Morgan fingerprint density at radius 2 is 2.00 bits per heavy atom. The van der Waals surface area contributed by atoms with Crippen molar-refractivity contribution >= 4 is 11.9 Å². The Morgan fingerprint density at radius 3 is 2.63 bits per heavy atom. The highest BCUT2D eigenvalue weighted by molar-refractivity contribution is 5.98. The molecule has 1 aromatic heterocycles. The van der Waals surface area contributed by atoms with Gasteiger partial charge in [0.05, 0.1) is 13.4 Å². The zero-order valence-electron chi connectivity index (χ0n) is 16.0. The molecule has 2 aromatic rings. The molecule has 1 saturated carbocycles. The predicted molar refractivity (Wildman–Crippen MR) is 102 cm³/mol. The van der Waals surface area contributed by atoms with E-state index in [9.17, 15) is 9.59 Å². The molecule has 0 spiro atoms. The quantitative estimate of drug-likeness (QED) is 0.599. The maximum Gasteiger partial charge on any atom is 0.318 e. The van der Waals surface area contributed by atoms with E-state index >= 15 is 0 Å². The average Bonchev–Trinajstić information content (AvgIpc) is 3.36. The molecule has 5 heteroatoms. The van der Waals surface area contributed by atoms with E-state index < -0.39 is 11.9 Å². The van der Waals surface area contributed by atoms with Gasteiger partial charge in [-0.2, -0.15) is 0 Å². The van der Waals surface area contributed by atoms with Gasteiger partial charge in [0.2, 0.25) is 5.91 Å².